The van der Waals surface area contributed by atoms with Crippen LogP contribution in [0, 0.1) is 13.8 Å². The number of primary sulfonamides is 1. The van der Waals surface area contributed by atoms with E-state index in [0.717, 1.165) is 0 Å². The van der Waals surface area contributed by atoms with Gasteiger partial charge in [0.1, 0.15) is 5.69 Å². The van der Waals surface area contributed by atoms with Crippen LogP contribution in [0.3, 0.4) is 0 Å². The molecule has 0 atom stereocenters. The summed E-state index contributed by atoms with van der Waals surface area (Å²) in [6.45, 7) is 2.99. The molecule has 0 bridgehead atoms. The van der Waals surface area contributed by atoms with Gasteiger partial charge in [-0.3, -0.25) is 4.72 Å². The molecule has 0 aliphatic carbocycles. The van der Waals surface area contributed by atoms with Crippen molar-refractivity contribution in [2.75, 3.05) is 4.72 Å². The average molecular weight is 331 g/mol. The Kier molecular flexibility index (Phi) is 3.78. The Labute approximate surface area is 122 Å². The number of aryl methyl sites for hydroxylation is 2. The fourth-order valence-electron chi connectivity index (χ4n) is 1.78. The van der Waals surface area contributed by atoms with E-state index in [1.165, 1.54) is 38.1 Å². The minimum atomic E-state index is -3.87. The zero-order valence-electron chi connectivity index (χ0n) is 11.2. The first-order chi connectivity index (χ1) is 9.61. The third-order valence-electron chi connectivity index (χ3n) is 2.67. The van der Waals surface area contributed by atoms with E-state index in [4.69, 9.17) is 9.66 Å². The summed E-state index contributed by atoms with van der Waals surface area (Å²) in [7, 11) is -7.69. The number of nitrogens with one attached hydrogen (secondary N) is 1. The molecule has 0 unspecified atom stereocenters. The molecule has 2 rings (SSSR count). The predicted molar refractivity (Wildman–Crippen MR) is 74.6 cm³/mol. The maximum atomic E-state index is 12.2. The normalized spacial score (nSPS) is 12.3. The van der Waals surface area contributed by atoms with Crippen molar-refractivity contribution < 1.29 is 21.4 Å². The average Bonchev–Trinajstić information content (AvgIpc) is 2.68. The van der Waals surface area contributed by atoms with Crippen molar-refractivity contribution in [1.82, 2.24) is 5.16 Å². The molecule has 0 saturated carbocycles. The number of hydrogen-bond acceptors (Lipinski definition) is 6. The number of nitrogens with zero attached hydrogens (tertiary/aromatic N) is 1. The molecular formula is C11H13N3O5S2. The van der Waals surface area contributed by atoms with Crippen molar-refractivity contribution in [2.24, 2.45) is 5.14 Å². The standard InChI is InChI=1S/C11H13N3O5S2/c1-7-11(8(2)19-13-7)21(17,18)14-9-3-5-10(6-4-9)20(12,15)16/h3-6,14H,1-2H3,(H2,12,15,16). The predicted octanol–water partition coefficient (Wildman–Crippen LogP) is 0.740. The maximum absolute atomic E-state index is 12.2. The molecule has 114 valence electrons. The molecule has 0 fully saturated rings. The molecule has 10 heteroatoms. The zero-order valence-corrected chi connectivity index (χ0v) is 12.8. The van der Waals surface area contributed by atoms with Crippen LogP contribution < -0.4 is 9.86 Å². The van der Waals surface area contributed by atoms with Crippen LogP contribution in [0.2, 0.25) is 0 Å². The van der Waals surface area contributed by atoms with Crippen LogP contribution in [0.15, 0.2) is 38.6 Å². The second-order valence-electron chi connectivity index (χ2n) is 4.33. The Balaban J connectivity index is 2.34. The summed E-state index contributed by atoms with van der Waals surface area (Å²) in [5.74, 6) is 0.168. The summed E-state index contributed by atoms with van der Waals surface area (Å²) in [6.07, 6.45) is 0. The van der Waals surface area contributed by atoms with Crippen molar-refractivity contribution >= 4 is 25.7 Å². The van der Waals surface area contributed by atoms with Crippen molar-refractivity contribution in [3.05, 3.63) is 35.7 Å². The molecule has 1 heterocycles. The lowest BCUT2D eigenvalue weighted by molar-refractivity contribution is 0.390. The summed E-state index contributed by atoms with van der Waals surface area (Å²) in [4.78, 5) is -0.152. The van der Waals surface area contributed by atoms with Crippen LogP contribution in [0.4, 0.5) is 5.69 Å². The van der Waals surface area contributed by atoms with Crippen LogP contribution in [0.25, 0.3) is 0 Å². The van der Waals surface area contributed by atoms with Gasteiger partial charge in [-0.05, 0) is 38.1 Å². The fraction of sp³-hybridized carbons (Fsp3) is 0.182. The molecule has 21 heavy (non-hydrogen) atoms. The quantitative estimate of drug-likeness (QED) is 0.849. The first kappa shape index (κ1) is 15.5. The number of rotatable bonds is 4. The Morgan fingerprint density at radius 1 is 1.10 bits per heavy atom. The number of sulfonamides is 2. The summed E-state index contributed by atoms with van der Waals surface area (Å²) in [6, 6.07) is 5.02. The van der Waals surface area contributed by atoms with E-state index in [1.54, 1.807) is 0 Å². The van der Waals surface area contributed by atoms with Gasteiger partial charge in [-0.2, -0.15) is 0 Å². The van der Waals surface area contributed by atoms with Gasteiger partial charge in [0.05, 0.1) is 4.90 Å². The summed E-state index contributed by atoms with van der Waals surface area (Å²) >= 11 is 0. The van der Waals surface area contributed by atoms with E-state index in [1.807, 2.05) is 0 Å². The van der Waals surface area contributed by atoms with Crippen LogP contribution in [0.1, 0.15) is 11.5 Å². The van der Waals surface area contributed by atoms with Crippen molar-refractivity contribution in [3.63, 3.8) is 0 Å². The number of anilines is 1. The largest absolute Gasteiger partial charge is 0.360 e. The van der Waals surface area contributed by atoms with E-state index in [-0.39, 0.29) is 26.9 Å². The molecule has 1 aromatic carbocycles. The topological polar surface area (TPSA) is 132 Å². The molecule has 0 amide bonds. The van der Waals surface area contributed by atoms with E-state index < -0.39 is 20.0 Å². The highest BCUT2D eigenvalue weighted by Gasteiger charge is 2.24. The van der Waals surface area contributed by atoms with Crippen molar-refractivity contribution in [3.8, 4) is 0 Å². The Bertz CT molecular complexity index is 848. The van der Waals surface area contributed by atoms with E-state index in [9.17, 15) is 16.8 Å². The van der Waals surface area contributed by atoms with Gasteiger partial charge in [0.2, 0.25) is 10.0 Å². The maximum Gasteiger partial charge on any atom is 0.267 e. The van der Waals surface area contributed by atoms with Crippen LogP contribution in [-0.2, 0) is 20.0 Å². The molecule has 0 radical (unpaired) electrons. The molecule has 8 nitrogen and oxygen atoms in total. The first-order valence-electron chi connectivity index (χ1n) is 5.70. The van der Waals surface area contributed by atoms with E-state index >= 15 is 0 Å². The highest BCUT2D eigenvalue weighted by atomic mass is 32.2. The number of nitrogens with two attached hydrogens (primary N) is 1. The van der Waals surface area contributed by atoms with Gasteiger partial charge in [-0.25, -0.2) is 22.0 Å². The Morgan fingerprint density at radius 3 is 2.10 bits per heavy atom. The van der Waals surface area contributed by atoms with Crippen LogP contribution in [0.5, 0.6) is 0 Å². The molecule has 0 spiro atoms. The minimum absolute atomic E-state index is 0.0435. The first-order valence-corrected chi connectivity index (χ1v) is 8.73. The number of benzene rings is 1. The zero-order chi connectivity index (χ0) is 15.8. The van der Waals surface area contributed by atoms with Gasteiger partial charge in [-0.1, -0.05) is 5.16 Å². The molecule has 0 aliphatic rings. The monoisotopic (exact) mass is 331 g/mol. The Morgan fingerprint density at radius 2 is 1.67 bits per heavy atom. The highest BCUT2D eigenvalue weighted by Crippen LogP contribution is 2.22. The van der Waals surface area contributed by atoms with E-state index in [2.05, 4.69) is 9.88 Å². The van der Waals surface area contributed by atoms with Crippen molar-refractivity contribution in [1.29, 1.82) is 0 Å². The van der Waals surface area contributed by atoms with Crippen LogP contribution >= 0.6 is 0 Å². The van der Waals surface area contributed by atoms with Gasteiger partial charge >= 0.3 is 0 Å². The second-order valence-corrected chi connectivity index (χ2v) is 7.51. The second kappa shape index (κ2) is 5.13. The van der Waals surface area contributed by atoms with Gasteiger partial charge in [0.15, 0.2) is 10.7 Å². The minimum Gasteiger partial charge on any atom is -0.360 e. The van der Waals surface area contributed by atoms with Gasteiger partial charge in [-0.15, -0.1) is 0 Å². The lowest BCUT2D eigenvalue weighted by Crippen LogP contribution is -2.15. The third-order valence-corrected chi connectivity index (χ3v) is 5.23. The molecule has 2 aromatic rings. The molecule has 0 aliphatic heterocycles. The number of hydrogen-bond donors (Lipinski definition) is 2. The van der Waals surface area contributed by atoms with Crippen LogP contribution in [-0.4, -0.2) is 22.0 Å². The summed E-state index contributed by atoms with van der Waals surface area (Å²) in [5.41, 5.74) is 0.434. The van der Waals surface area contributed by atoms with Gasteiger partial charge in [0, 0.05) is 5.69 Å². The Hall–Kier alpha value is -1.91. The van der Waals surface area contributed by atoms with E-state index in [0.29, 0.717) is 0 Å². The molecule has 3 N–H and O–H groups in total. The van der Waals surface area contributed by atoms with Crippen molar-refractivity contribution in [2.45, 2.75) is 23.6 Å². The third kappa shape index (κ3) is 3.23. The highest BCUT2D eigenvalue weighted by molar-refractivity contribution is 7.92. The van der Waals surface area contributed by atoms with Gasteiger partial charge < -0.3 is 4.52 Å². The lowest BCUT2D eigenvalue weighted by atomic mass is 10.3. The SMILES string of the molecule is Cc1noc(C)c1S(=O)(=O)Nc1ccc(S(N)(=O)=O)cc1. The summed E-state index contributed by atoms with van der Waals surface area (Å²) in [5, 5.41) is 8.54. The number of aromatic nitrogens is 1. The summed E-state index contributed by atoms with van der Waals surface area (Å²) < 4.78 is 53.8. The molecule has 1 aromatic heterocycles. The van der Waals surface area contributed by atoms with Gasteiger partial charge in [0.25, 0.3) is 10.0 Å². The fourth-order valence-corrected chi connectivity index (χ4v) is 3.68. The molecular weight excluding hydrogens is 318 g/mol. The smallest absolute Gasteiger partial charge is 0.267 e. The lowest BCUT2D eigenvalue weighted by Gasteiger charge is -2.08. The molecule has 0 saturated heterocycles.